The van der Waals surface area contributed by atoms with Gasteiger partial charge >= 0.3 is 0 Å². The maximum atomic E-state index is 13.2. The van der Waals surface area contributed by atoms with E-state index < -0.39 is 5.38 Å². The average Bonchev–Trinajstić information content (AvgIpc) is 2.61. The maximum Gasteiger partial charge on any atom is 0.126 e. The second kappa shape index (κ2) is 5.15. The first-order valence-corrected chi connectivity index (χ1v) is 6.85. The summed E-state index contributed by atoms with van der Waals surface area (Å²) in [5.41, 5.74) is 2.13. The summed E-state index contributed by atoms with van der Waals surface area (Å²) in [7, 11) is 0. The Bertz CT molecular complexity index is 551. The number of alkyl halides is 1. The predicted octanol–water partition coefficient (Wildman–Crippen LogP) is 5.83. The van der Waals surface area contributed by atoms with Crippen LogP contribution in [0.15, 0.2) is 24.3 Å². The standard InChI is InChI=1S/C12H8Cl3FS/c1-6-4-7(2-3-9(6)16)11(14)8-5-10(13)17-12(8)15/h2-5,11H,1H3. The van der Waals surface area contributed by atoms with E-state index in [4.69, 9.17) is 34.8 Å². The quantitative estimate of drug-likeness (QED) is 0.612. The van der Waals surface area contributed by atoms with Crippen molar-refractivity contribution in [3.63, 3.8) is 0 Å². The molecule has 1 aromatic heterocycles. The molecule has 0 saturated heterocycles. The molecule has 0 aliphatic rings. The van der Waals surface area contributed by atoms with Gasteiger partial charge in [0.25, 0.3) is 0 Å². The number of thiophene rings is 1. The van der Waals surface area contributed by atoms with Crippen LogP contribution in [0.2, 0.25) is 8.67 Å². The molecule has 90 valence electrons. The topological polar surface area (TPSA) is 0 Å². The van der Waals surface area contributed by atoms with Crippen LogP contribution in [0.3, 0.4) is 0 Å². The Labute approximate surface area is 118 Å². The fraction of sp³-hybridized carbons (Fsp3) is 0.167. The van der Waals surface area contributed by atoms with E-state index in [-0.39, 0.29) is 5.82 Å². The first-order chi connectivity index (χ1) is 7.99. The van der Waals surface area contributed by atoms with Gasteiger partial charge in [-0.2, -0.15) is 0 Å². The van der Waals surface area contributed by atoms with E-state index in [1.165, 1.54) is 17.4 Å². The molecule has 17 heavy (non-hydrogen) atoms. The molecular weight excluding hydrogens is 302 g/mol. The molecule has 0 radical (unpaired) electrons. The van der Waals surface area contributed by atoms with Crippen LogP contribution >= 0.6 is 46.1 Å². The Morgan fingerprint density at radius 2 is 1.94 bits per heavy atom. The van der Waals surface area contributed by atoms with Crippen molar-refractivity contribution in [1.29, 1.82) is 0 Å². The van der Waals surface area contributed by atoms with E-state index in [0.717, 1.165) is 11.1 Å². The third-order valence-corrected chi connectivity index (χ3v) is 4.44. The molecule has 1 unspecified atom stereocenters. The third-order valence-electron chi connectivity index (χ3n) is 2.43. The van der Waals surface area contributed by atoms with Crippen molar-refractivity contribution in [3.05, 3.63) is 55.4 Å². The lowest BCUT2D eigenvalue weighted by molar-refractivity contribution is 0.617. The van der Waals surface area contributed by atoms with E-state index in [0.29, 0.717) is 14.2 Å². The first kappa shape index (κ1) is 13.2. The van der Waals surface area contributed by atoms with Gasteiger partial charge in [0.05, 0.1) is 14.0 Å². The molecule has 0 spiro atoms. The van der Waals surface area contributed by atoms with Gasteiger partial charge in [0, 0.05) is 5.56 Å². The lowest BCUT2D eigenvalue weighted by Crippen LogP contribution is -1.94. The minimum absolute atomic E-state index is 0.243. The van der Waals surface area contributed by atoms with Crippen molar-refractivity contribution < 1.29 is 4.39 Å². The molecule has 0 saturated carbocycles. The van der Waals surface area contributed by atoms with Crippen LogP contribution in [-0.2, 0) is 0 Å². The van der Waals surface area contributed by atoms with Gasteiger partial charge in [-0.1, -0.05) is 35.3 Å². The minimum Gasteiger partial charge on any atom is -0.207 e. The van der Waals surface area contributed by atoms with Crippen LogP contribution in [-0.4, -0.2) is 0 Å². The summed E-state index contributed by atoms with van der Waals surface area (Å²) in [5, 5.41) is -0.412. The zero-order valence-corrected chi connectivity index (χ0v) is 11.9. The highest BCUT2D eigenvalue weighted by molar-refractivity contribution is 7.20. The van der Waals surface area contributed by atoms with Gasteiger partial charge in [-0.25, -0.2) is 4.39 Å². The Balaban J connectivity index is 2.40. The van der Waals surface area contributed by atoms with Crippen molar-refractivity contribution >= 4 is 46.1 Å². The molecule has 0 nitrogen and oxygen atoms in total. The maximum absolute atomic E-state index is 13.2. The van der Waals surface area contributed by atoms with E-state index >= 15 is 0 Å². The van der Waals surface area contributed by atoms with E-state index in [1.807, 2.05) is 0 Å². The summed E-state index contributed by atoms with van der Waals surface area (Å²) in [5.74, 6) is -0.243. The molecule has 1 heterocycles. The van der Waals surface area contributed by atoms with Crippen molar-refractivity contribution in [2.75, 3.05) is 0 Å². The SMILES string of the molecule is Cc1cc(C(Cl)c2cc(Cl)sc2Cl)ccc1F. The van der Waals surface area contributed by atoms with Crippen molar-refractivity contribution in [1.82, 2.24) is 0 Å². The summed E-state index contributed by atoms with van der Waals surface area (Å²) >= 11 is 19.5. The summed E-state index contributed by atoms with van der Waals surface area (Å²) in [6.07, 6.45) is 0. The Morgan fingerprint density at radius 1 is 1.24 bits per heavy atom. The predicted molar refractivity (Wildman–Crippen MR) is 73.2 cm³/mol. The van der Waals surface area contributed by atoms with E-state index in [2.05, 4.69) is 0 Å². The molecule has 0 fully saturated rings. The second-order valence-corrected chi connectivity index (χ2v) is 6.37. The average molecular weight is 310 g/mol. The number of hydrogen-bond donors (Lipinski definition) is 0. The third kappa shape index (κ3) is 2.76. The van der Waals surface area contributed by atoms with Crippen LogP contribution in [0.4, 0.5) is 4.39 Å². The van der Waals surface area contributed by atoms with Gasteiger partial charge in [-0.05, 0) is 30.2 Å². The molecule has 5 heteroatoms. The number of halogens is 4. The number of rotatable bonds is 2. The first-order valence-electron chi connectivity index (χ1n) is 4.84. The van der Waals surface area contributed by atoms with Crippen LogP contribution < -0.4 is 0 Å². The summed E-state index contributed by atoms with van der Waals surface area (Å²) < 4.78 is 14.3. The molecular formula is C12H8Cl3FS. The molecule has 2 rings (SSSR count). The van der Waals surface area contributed by atoms with Gasteiger partial charge in [0.2, 0.25) is 0 Å². The summed E-state index contributed by atoms with van der Waals surface area (Å²) in [4.78, 5) is 0. The number of aryl methyl sites for hydroxylation is 1. The highest BCUT2D eigenvalue weighted by Gasteiger charge is 2.17. The van der Waals surface area contributed by atoms with Crippen LogP contribution in [0.25, 0.3) is 0 Å². The fourth-order valence-corrected chi connectivity index (χ4v) is 3.49. The second-order valence-electron chi connectivity index (χ2n) is 3.65. The highest BCUT2D eigenvalue weighted by atomic mass is 35.5. The molecule has 2 aromatic rings. The van der Waals surface area contributed by atoms with Gasteiger partial charge in [0.1, 0.15) is 5.82 Å². The van der Waals surface area contributed by atoms with Gasteiger partial charge in [0.15, 0.2) is 0 Å². The zero-order valence-electron chi connectivity index (χ0n) is 8.81. The molecule has 0 bridgehead atoms. The Hall–Kier alpha value is -0.280. The smallest absolute Gasteiger partial charge is 0.126 e. The molecule has 0 N–H and O–H groups in total. The summed E-state index contributed by atoms with van der Waals surface area (Å²) in [6, 6.07) is 6.52. The largest absolute Gasteiger partial charge is 0.207 e. The zero-order chi connectivity index (χ0) is 12.6. The van der Waals surface area contributed by atoms with Crippen LogP contribution in [0.5, 0.6) is 0 Å². The molecule has 1 aromatic carbocycles. The summed E-state index contributed by atoms with van der Waals surface area (Å²) in [6.45, 7) is 1.70. The van der Waals surface area contributed by atoms with Crippen molar-refractivity contribution in [3.8, 4) is 0 Å². The molecule has 0 aliphatic heterocycles. The van der Waals surface area contributed by atoms with Crippen molar-refractivity contribution in [2.45, 2.75) is 12.3 Å². The van der Waals surface area contributed by atoms with Crippen molar-refractivity contribution in [2.24, 2.45) is 0 Å². The molecule has 1 atom stereocenters. The lowest BCUT2D eigenvalue weighted by Gasteiger charge is -2.10. The van der Waals surface area contributed by atoms with Crippen LogP contribution in [0, 0.1) is 12.7 Å². The van der Waals surface area contributed by atoms with E-state index in [9.17, 15) is 4.39 Å². The fourth-order valence-electron chi connectivity index (χ4n) is 1.53. The molecule has 0 aliphatic carbocycles. The van der Waals surface area contributed by atoms with E-state index in [1.54, 1.807) is 25.1 Å². The number of benzene rings is 1. The lowest BCUT2D eigenvalue weighted by atomic mass is 10.0. The van der Waals surface area contributed by atoms with Gasteiger partial charge in [-0.3, -0.25) is 0 Å². The van der Waals surface area contributed by atoms with Gasteiger partial charge in [-0.15, -0.1) is 22.9 Å². The van der Waals surface area contributed by atoms with Gasteiger partial charge < -0.3 is 0 Å². The number of hydrogen-bond acceptors (Lipinski definition) is 1. The normalized spacial score (nSPS) is 12.8. The minimum atomic E-state index is -0.412. The highest BCUT2D eigenvalue weighted by Crippen LogP contribution is 2.40. The van der Waals surface area contributed by atoms with Crippen LogP contribution in [0.1, 0.15) is 22.1 Å². The monoisotopic (exact) mass is 308 g/mol. The Kier molecular flexibility index (Phi) is 3.99. The Morgan fingerprint density at radius 3 is 2.47 bits per heavy atom. The molecule has 0 amide bonds.